The molecule has 5 heteroatoms. The highest BCUT2D eigenvalue weighted by molar-refractivity contribution is 9.10. The molecule has 0 fully saturated rings. The first-order chi connectivity index (χ1) is 11.7. The molecule has 3 aromatic rings. The van der Waals surface area contributed by atoms with Gasteiger partial charge in [-0.1, -0.05) is 30.3 Å². The lowest BCUT2D eigenvalue weighted by molar-refractivity contribution is 0.698. The Hall–Kier alpha value is -2.24. The minimum Gasteiger partial charge on any atom is -0.368 e. The molecule has 0 aliphatic carbocycles. The van der Waals surface area contributed by atoms with E-state index in [9.17, 15) is 0 Å². The normalized spacial score (nSPS) is 11.9. The minimum atomic E-state index is 0.0298. The Morgan fingerprint density at radius 3 is 2.50 bits per heavy atom. The summed E-state index contributed by atoms with van der Waals surface area (Å²) >= 11 is 3.56. The van der Waals surface area contributed by atoms with Gasteiger partial charge in [0.2, 0.25) is 0 Å². The van der Waals surface area contributed by atoms with E-state index >= 15 is 0 Å². The van der Waals surface area contributed by atoms with Gasteiger partial charge in [0, 0.05) is 35.0 Å². The Bertz CT molecular complexity index is 778. The van der Waals surface area contributed by atoms with Gasteiger partial charge < -0.3 is 11.1 Å². The average Bonchev–Trinajstić information content (AvgIpc) is 2.62. The predicted octanol–water partition coefficient (Wildman–Crippen LogP) is 3.89. The van der Waals surface area contributed by atoms with E-state index in [4.69, 9.17) is 5.73 Å². The number of nitrogens with two attached hydrogens (primary N) is 1. The molecule has 0 saturated carbocycles. The highest BCUT2D eigenvalue weighted by atomic mass is 79.9. The summed E-state index contributed by atoms with van der Waals surface area (Å²) in [5.74, 6) is 0.813. The summed E-state index contributed by atoms with van der Waals surface area (Å²) in [6.07, 6.45) is 4.36. The van der Waals surface area contributed by atoms with E-state index in [1.165, 1.54) is 5.56 Å². The first-order valence-corrected chi connectivity index (χ1v) is 8.62. The lowest BCUT2D eigenvalue weighted by Crippen LogP contribution is -2.31. The molecular formula is C19H19BrN4. The molecule has 3 N–H and O–H groups in total. The number of rotatable bonds is 6. The number of nitrogens with zero attached hydrogens (tertiary/aromatic N) is 2. The summed E-state index contributed by atoms with van der Waals surface area (Å²) in [4.78, 5) is 8.73. The first-order valence-electron chi connectivity index (χ1n) is 7.82. The lowest BCUT2D eigenvalue weighted by atomic mass is 10.1. The zero-order valence-electron chi connectivity index (χ0n) is 13.2. The molecule has 4 nitrogen and oxygen atoms in total. The molecule has 2 aromatic heterocycles. The van der Waals surface area contributed by atoms with Crippen LogP contribution in [0.25, 0.3) is 11.3 Å². The standard InChI is InChI=1S/C19H19BrN4/c20-17-6-7-18(24-19(17)15-8-10-22-11-9-15)23-13-16(21)12-14-4-2-1-3-5-14/h1-11,16H,12-13,21H2,(H,23,24)/t16-/m0/s1. The first kappa shape index (κ1) is 16.6. The maximum Gasteiger partial charge on any atom is 0.126 e. The molecule has 24 heavy (non-hydrogen) atoms. The maximum absolute atomic E-state index is 6.22. The van der Waals surface area contributed by atoms with Gasteiger partial charge in [-0.3, -0.25) is 4.98 Å². The highest BCUT2D eigenvalue weighted by Gasteiger charge is 2.08. The van der Waals surface area contributed by atoms with E-state index in [1.54, 1.807) is 12.4 Å². The summed E-state index contributed by atoms with van der Waals surface area (Å²) < 4.78 is 0.952. The number of aromatic nitrogens is 2. The largest absolute Gasteiger partial charge is 0.368 e. The molecule has 0 bridgehead atoms. The van der Waals surface area contributed by atoms with Crippen LogP contribution in [0, 0.1) is 0 Å². The average molecular weight is 383 g/mol. The van der Waals surface area contributed by atoms with Crippen LogP contribution in [0.1, 0.15) is 5.56 Å². The Morgan fingerprint density at radius 1 is 1.00 bits per heavy atom. The van der Waals surface area contributed by atoms with Gasteiger partial charge in [0.15, 0.2) is 0 Å². The summed E-state index contributed by atoms with van der Waals surface area (Å²) in [6.45, 7) is 0.666. The van der Waals surface area contributed by atoms with Crippen molar-refractivity contribution >= 4 is 21.7 Å². The van der Waals surface area contributed by atoms with Gasteiger partial charge >= 0.3 is 0 Å². The molecule has 0 spiro atoms. The van der Waals surface area contributed by atoms with Crippen molar-refractivity contribution in [3.05, 3.63) is 77.0 Å². The third-order valence-corrected chi connectivity index (χ3v) is 4.33. The summed E-state index contributed by atoms with van der Waals surface area (Å²) in [7, 11) is 0. The van der Waals surface area contributed by atoms with Crippen LogP contribution in [0.15, 0.2) is 71.5 Å². The van der Waals surface area contributed by atoms with E-state index in [0.717, 1.165) is 28.0 Å². The summed E-state index contributed by atoms with van der Waals surface area (Å²) in [6, 6.07) is 18.1. The summed E-state index contributed by atoms with van der Waals surface area (Å²) in [5.41, 5.74) is 9.38. The number of hydrogen-bond acceptors (Lipinski definition) is 4. The van der Waals surface area contributed by atoms with Gasteiger partial charge in [0.1, 0.15) is 5.82 Å². The van der Waals surface area contributed by atoms with Crippen LogP contribution in [-0.2, 0) is 6.42 Å². The number of benzene rings is 1. The summed E-state index contributed by atoms with van der Waals surface area (Å²) in [5, 5.41) is 3.33. The van der Waals surface area contributed by atoms with Gasteiger partial charge in [0.05, 0.1) is 5.69 Å². The quantitative estimate of drug-likeness (QED) is 0.678. The van der Waals surface area contributed by atoms with E-state index in [0.29, 0.717) is 6.54 Å². The molecule has 1 aromatic carbocycles. The van der Waals surface area contributed by atoms with Crippen LogP contribution in [0.5, 0.6) is 0 Å². The van der Waals surface area contributed by atoms with Crippen molar-refractivity contribution < 1.29 is 0 Å². The second kappa shape index (κ2) is 8.04. The molecule has 3 rings (SSSR count). The molecule has 2 heterocycles. The van der Waals surface area contributed by atoms with Gasteiger partial charge in [0.25, 0.3) is 0 Å². The van der Waals surface area contributed by atoms with Crippen molar-refractivity contribution in [3.63, 3.8) is 0 Å². The smallest absolute Gasteiger partial charge is 0.126 e. The van der Waals surface area contributed by atoms with Gasteiger partial charge in [-0.2, -0.15) is 0 Å². The van der Waals surface area contributed by atoms with E-state index < -0.39 is 0 Å². The third-order valence-electron chi connectivity index (χ3n) is 3.69. The molecule has 0 unspecified atom stereocenters. The van der Waals surface area contributed by atoms with Crippen molar-refractivity contribution in [1.29, 1.82) is 0 Å². The monoisotopic (exact) mass is 382 g/mol. The minimum absolute atomic E-state index is 0.0298. The Balaban J connectivity index is 1.65. The highest BCUT2D eigenvalue weighted by Crippen LogP contribution is 2.27. The van der Waals surface area contributed by atoms with E-state index in [2.05, 4.69) is 43.3 Å². The molecule has 0 amide bonds. The van der Waals surface area contributed by atoms with E-state index in [-0.39, 0.29) is 6.04 Å². The molecule has 0 radical (unpaired) electrons. The predicted molar refractivity (Wildman–Crippen MR) is 102 cm³/mol. The molecule has 122 valence electrons. The topological polar surface area (TPSA) is 63.8 Å². The van der Waals surface area contributed by atoms with Crippen molar-refractivity contribution in [2.75, 3.05) is 11.9 Å². The van der Waals surface area contributed by atoms with Crippen LogP contribution >= 0.6 is 15.9 Å². The van der Waals surface area contributed by atoms with Crippen molar-refractivity contribution in [2.24, 2.45) is 5.73 Å². The van der Waals surface area contributed by atoms with Crippen LogP contribution in [0.4, 0.5) is 5.82 Å². The van der Waals surface area contributed by atoms with Gasteiger partial charge in [-0.25, -0.2) is 4.98 Å². The fourth-order valence-electron chi connectivity index (χ4n) is 2.48. The fourth-order valence-corrected chi connectivity index (χ4v) is 2.93. The zero-order chi connectivity index (χ0) is 16.8. The van der Waals surface area contributed by atoms with Crippen LogP contribution in [-0.4, -0.2) is 22.6 Å². The second-order valence-corrected chi connectivity index (χ2v) is 6.45. The molecule has 0 aliphatic rings. The Labute approximate surface area is 150 Å². The number of halogens is 1. The van der Waals surface area contributed by atoms with E-state index in [1.807, 2.05) is 42.5 Å². The maximum atomic E-state index is 6.22. The number of nitrogens with one attached hydrogen (secondary N) is 1. The Kier molecular flexibility index (Phi) is 5.56. The van der Waals surface area contributed by atoms with Crippen LogP contribution in [0.2, 0.25) is 0 Å². The SMILES string of the molecule is N[C@H](CNc1ccc(Br)c(-c2ccncc2)n1)Cc1ccccc1. The number of anilines is 1. The lowest BCUT2D eigenvalue weighted by Gasteiger charge is -2.14. The third kappa shape index (κ3) is 4.40. The molecular weight excluding hydrogens is 364 g/mol. The van der Waals surface area contributed by atoms with Crippen LogP contribution in [0.3, 0.4) is 0 Å². The Morgan fingerprint density at radius 2 is 1.75 bits per heavy atom. The second-order valence-electron chi connectivity index (χ2n) is 5.59. The number of hydrogen-bond donors (Lipinski definition) is 2. The van der Waals surface area contributed by atoms with Gasteiger partial charge in [-0.05, 0) is 52.2 Å². The van der Waals surface area contributed by atoms with Gasteiger partial charge in [-0.15, -0.1) is 0 Å². The molecule has 0 aliphatic heterocycles. The van der Waals surface area contributed by atoms with Crippen LogP contribution < -0.4 is 11.1 Å². The number of pyridine rings is 2. The zero-order valence-corrected chi connectivity index (χ0v) is 14.8. The molecule has 1 atom stereocenters. The van der Waals surface area contributed by atoms with Crippen molar-refractivity contribution in [2.45, 2.75) is 12.5 Å². The van der Waals surface area contributed by atoms with Crippen molar-refractivity contribution in [3.8, 4) is 11.3 Å². The van der Waals surface area contributed by atoms with Crippen molar-refractivity contribution in [1.82, 2.24) is 9.97 Å². The fraction of sp³-hybridized carbons (Fsp3) is 0.158. The molecule has 0 saturated heterocycles.